The van der Waals surface area contributed by atoms with Crippen LogP contribution in [0.1, 0.15) is 65.2 Å². The van der Waals surface area contributed by atoms with Gasteiger partial charge in [-0.2, -0.15) is 0 Å². The minimum absolute atomic E-state index is 0. The van der Waals surface area contributed by atoms with E-state index in [2.05, 4.69) is 24.5 Å². The minimum atomic E-state index is 0. The summed E-state index contributed by atoms with van der Waals surface area (Å²) in [6.07, 6.45) is 10.1. The third-order valence-corrected chi connectivity index (χ3v) is 6.21. The van der Waals surface area contributed by atoms with Crippen LogP contribution >= 0.6 is 12.4 Å². The number of rotatable bonds is 2. The summed E-state index contributed by atoms with van der Waals surface area (Å²) in [6.45, 7) is 4.63. The van der Waals surface area contributed by atoms with Gasteiger partial charge in [0, 0.05) is 12.1 Å². The predicted molar refractivity (Wildman–Crippen MR) is 88.6 cm³/mol. The lowest BCUT2D eigenvalue weighted by Crippen LogP contribution is -2.50. The van der Waals surface area contributed by atoms with Crippen molar-refractivity contribution in [1.82, 2.24) is 10.6 Å². The van der Waals surface area contributed by atoms with Crippen molar-refractivity contribution in [2.75, 3.05) is 0 Å². The fraction of sp³-hybridized carbons (Fsp3) is 0.941. The zero-order valence-electron chi connectivity index (χ0n) is 13.4. The van der Waals surface area contributed by atoms with Crippen molar-refractivity contribution in [2.45, 2.75) is 83.3 Å². The van der Waals surface area contributed by atoms with Gasteiger partial charge in [0.2, 0.25) is 5.91 Å². The van der Waals surface area contributed by atoms with Crippen LogP contribution < -0.4 is 10.6 Å². The monoisotopic (exact) mass is 314 g/mol. The topological polar surface area (TPSA) is 41.1 Å². The zero-order valence-corrected chi connectivity index (χ0v) is 14.3. The molecule has 4 heteroatoms. The fourth-order valence-corrected chi connectivity index (χ4v) is 4.59. The quantitative estimate of drug-likeness (QED) is 0.821. The molecule has 21 heavy (non-hydrogen) atoms. The molecule has 0 aromatic heterocycles. The lowest BCUT2D eigenvalue weighted by Gasteiger charge is -2.35. The van der Waals surface area contributed by atoms with Crippen LogP contribution in [0.2, 0.25) is 0 Å². The van der Waals surface area contributed by atoms with E-state index in [-0.39, 0.29) is 24.4 Å². The van der Waals surface area contributed by atoms with Crippen molar-refractivity contribution >= 4 is 18.3 Å². The fourth-order valence-electron chi connectivity index (χ4n) is 4.59. The first kappa shape index (κ1) is 17.1. The van der Waals surface area contributed by atoms with E-state index in [9.17, 15) is 4.79 Å². The molecule has 0 bridgehead atoms. The Balaban J connectivity index is 0.00000161. The Morgan fingerprint density at radius 2 is 1.81 bits per heavy atom. The van der Waals surface area contributed by atoms with Crippen LogP contribution in [0.3, 0.4) is 0 Å². The maximum Gasteiger partial charge on any atom is 0.237 e. The largest absolute Gasteiger partial charge is 0.352 e. The van der Waals surface area contributed by atoms with Crippen LogP contribution in [-0.2, 0) is 4.79 Å². The van der Waals surface area contributed by atoms with Crippen molar-refractivity contribution in [3.63, 3.8) is 0 Å². The van der Waals surface area contributed by atoms with E-state index < -0.39 is 0 Å². The molecule has 1 saturated heterocycles. The highest BCUT2D eigenvalue weighted by molar-refractivity contribution is 5.85. The van der Waals surface area contributed by atoms with E-state index in [1.54, 1.807) is 0 Å². The lowest BCUT2D eigenvalue weighted by atomic mass is 9.78. The first-order valence-corrected chi connectivity index (χ1v) is 8.71. The Morgan fingerprint density at radius 3 is 2.57 bits per heavy atom. The Labute approximate surface area is 135 Å². The van der Waals surface area contributed by atoms with Crippen molar-refractivity contribution in [3.8, 4) is 0 Å². The summed E-state index contributed by atoms with van der Waals surface area (Å²) in [5.74, 6) is 2.39. The van der Waals surface area contributed by atoms with E-state index >= 15 is 0 Å². The van der Waals surface area contributed by atoms with E-state index in [4.69, 9.17) is 0 Å². The highest BCUT2D eigenvalue weighted by Crippen LogP contribution is 2.34. The molecule has 2 saturated carbocycles. The Hall–Kier alpha value is -0.280. The number of hydrogen-bond donors (Lipinski definition) is 2. The van der Waals surface area contributed by atoms with Gasteiger partial charge in [0.15, 0.2) is 0 Å². The molecule has 122 valence electrons. The molecule has 0 aromatic rings. The Kier molecular flexibility index (Phi) is 5.96. The van der Waals surface area contributed by atoms with Crippen molar-refractivity contribution in [2.24, 2.45) is 17.8 Å². The molecule has 6 atom stereocenters. The number of carbonyl (C=O) groups excluding carboxylic acids is 1. The number of hydrogen-bond acceptors (Lipinski definition) is 2. The third-order valence-electron chi connectivity index (χ3n) is 6.21. The molecule has 3 rings (SSSR count). The summed E-state index contributed by atoms with van der Waals surface area (Å²) in [7, 11) is 0. The molecule has 2 aliphatic carbocycles. The number of halogens is 1. The first-order chi connectivity index (χ1) is 9.65. The van der Waals surface area contributed by atoms with Crippen LogP contribution in [-0.4, -0.2) is 24.0 Å². The van der Waals surface area contributed by atoms with Crippen molar-refractivity contribution in [3.05, 3.63) is 0 Å². The summed E-state index contributed by atoms with van der Waals surface area (Å²) in [5.41, 5.74) is 0. The van der Waals surface area contributed by atoms with Crippen LogP contribution in [0.15, 0.2) is 0 Å². The van der Waals surface area contributed by atoms with Gasteiger partial charge in [0.05, 0.1) is 6.04 Å². The molecular weight excluding hydrogens is 284 g/mol. The summed E-state index contributed by atoms with van der Waals surface area (Å²) >= 11 is 0. The van der Waals surface area contributed by atoms with Crippen molar-refractivity contribution < 1.29 is 4.79 Å². The standard InChI is InChI=1S/C17H30N2O.ClH/c1-11-6-5-9-14(12(11)2)19-17(20)16-10-13-7-3-4-8-15(13)18-16;/h11-16,18H,3-10H2,1-2H3,(H,19,20);1H. The van der Waals surface area contributed by atoms with Gasteiger partial charge in [-0.15, -0.1) is 12.4 Å². The van der Waals surface area contributed by atoms with Gasteiger partial charge in [0.1, 0.15) is 0 Å². The highest BCUT2D eigenvalue weighted by Gasteiger charge is 2.39. The summed E-state index contributed by atoms with van der Waals surface area (Å²) in [5, 5.41) is 6.95. The molecule has 0 aromatic carbocycles. The molecule has 3 fully saturated rings. The lowest BCUT2D eigenvalue weighted by molar-refractivity contribution is -0.124. The summed E-state index contributed by atoms with van der Waals surface area (Å²) in [6, 6.07) is 1.09. The summed E-state index contributed by atoms with van der Waals surface area (Å²) < 4.78 is 0. The molecule has 1 heterocycles. The van der Waals surface area contributed by atoms with Gasteiger partial charge in [-0.1, -0.05) is 39.5 Å². The SMILES string of the molecule is CC1CCCC(NC(=O)C2CC3CCCCC3N2)C1C.Cl. The van der Waals surface area contributed by atoms with Crippen LogP contribution in [0.5, 0.6) is 0 Å². The van der Waals surface area contributed by atoms with E-state index in [0.717, 1.165) is 24.7 Å². The maximum atomic E-state index is 12.5. The second-order valence-electron chi connectivity index (χ2n) is 7.49. The van der Waals surface area contributed by atoms with Crippen LogP contribution in [0.4, 0.5) is 0 Å². The predicted octanol–water partition coefficient (Wildman–Crippen LogP) is 3.27. The summed E-state index contributed by atoms with van der Waals surface area (Å²) in [4.78, 5) is 12.5. The molecule has 3 nitrogen and oxygen atoms in total. The zero-order chi connectivity index (χ0) is 14.1. The van der Waals surface area contributed by atoms with Crippen LogP contribution in [0.25, 0.3) is 0 Å². The third kappa shape index (κ3) is 3.73. The number of amides is 1. The van der Waals surface area contributed by atoms with Gasteiger partial charge in [0.25, 0.3) is 0 Å². The smallest absolute Gasteiger partial charge is 0.237 e. The molecule has 2 N–H and O–H groups in total. The minimum Gasteiger partial charge on any atom is -0.352 e. The molecule has 1 amide bonds. The van der Waals surface area contributed by atoms with Crippen molar-refractivity contribution in [1.29, 1.82) is 0 Å². The molecule has 3 aliphatic rings. The average Bonchev–Trinajstić information content (AvgIpc) is 2.88. The van der Waals surface area contributed by atoms with Gasteiger partial charge in [-0.3, -0.25) is 4.79 Å². The molecule has 1 aliphatic heterocycles. The van der Waals surface area contributed by atoms with Gasteiger partial charge >= 0.3 is 0 Å². The Bertz CT molecular complexity index is 349. The molecular formula is C17H31ClN2O. The second kappa shape index (κ2) is 7.32. The molecule has 6 unspecified atom stereocenters. The number of nitrogens with one attached hydrogen (secondary N) is 2. The molecule has 0 radical (unpaired) electrons. The maximum absolute atomic E-state index is 12.5. The Morgan fingerprint density at radius 1 is 1.05 bits per heavy atom. The van der Waals surface area contributed by atoms with E-state index in [1.807, 2.05) is 0 Å². The van der Waals surface area contributed by atoms with E-state index in [1.165, 1.54) is 38.5 Å². The van der Waals surface area contributed by atoms with Gasteiger partial charge < -0.3 is 10.6 Å². The molecule has 0 spiro atoms. The van der Waals surface area contributed by atoms with Crippen LogP contribution in [0, 0.1) is 17.8 Å². The van der Waals surface area contributed by atoms with Gasteiger partial charge in [-0.05, 0) is 43.4 Å². The highest BCUT2D eigenvalue weighted by atomic mass is 35.5. The second-order valence-corrected chi connectivity index (χ2v) is 7.49. The van der Waals surface area contributed by atoms with E-state index in [0.29, 0.717) is 18.0 Å². The number of fused-ring (bicyclic) bond motifs is 1. The first-order valence-electron chi connectivity index (χ1n) is 8.71. The number of carbonyl (C=O) groups is 1. The average molecular weight is 315 g/mol. The normalized spacial score (nSPS) is 42.8. The van der Waals surface area contributed by atoms with Gasteiger partial charge in [-0.25, -0.2) is 0 Å².